The SMILES string of the molecule is CCCc1c(OCc2ccn3c(=O)c(CCc4nn[nH]n4)cnc3c2)ccc(C(C)=O)c1O. The molecular formula is C23H24N6O4. The van der Waals surface area contributed by atoms with E-state index in [1.807, 2.05) is 6.92 Å². The van der Waals surface area contributed by atoms with E-state index in [4.69, 9.17) is 4.74 Å². The van der Waals surface area contributed by atoms with E-state index in [2.05, 4.69) is 25.6 Å². The topological polar surface area (TPSA) is 135 Å². The number of aryl methyl sites for hydroxylation is 2. The molecule has 0 aliphatic heterocycles. The fraction of sp³-hybridized carbons (Fsp3) is 0.304. The summed E-state index contributed by atoms with van der Waals surface area (Å²) in [6.45, 7) is 3.64. The number of hydrogen-bond acceptors (Lipinski definition) is 8. The molecule has 4 rings (SSSR count). The van der Waals surface area contributed by atoms with Gasteiger partial charge in [0.2, 0.25) is 0 Å². The quantitative estimate of drug-likeness (QED) is 0.373. The number of carbonyl (C=O) groups excluding carboxylic acids is 1. The Morgan fingerprint density at radius 1 is 1.21 bits per heavy atom. The number of carbonyl (C=O) groups is 1. The Morgan fingerprint density at radius 3 is 2.79 bits per heavy atom. The van der Waals surface area contributed by atoms with Crippen molar-refractivity contribution in [3.05, 3.63) is 75.1 Å². The highest BCUT2D eigenvalue weighted by molar-refractivity contribution is 5.97. The molecule has 0 aliphatic carbocycles. The maximum atomic E-state index is 12.8. The molecule has 33 heavy (non-hydrogen) atoms. The average Bonchev–Trinajstić information content (AvgIpc) is 3.32. The van der Waals surface area contributed by atoms with Crippen LogP contribution in [0.5, 0.6) is 11.5 Å². The molecule has 0 unspecified atom stereocenters. The van der Waals surface area contributed by atoms with Gasteiger partial charge in [-0.1, -0.05) is 18.6 Å². The van der Waals surface area contributed by atoms with E-state index in [-0.39, 0.29) is 29.3 Å². The zero-order valence-corrected chi connectivity index (χ0v) is 18.4. The second kappa shape index (κ2) is 9.60. The van der Waals surface area contributed by atoms with E-state index in [1.165, 1.54) is 11.3 Å². The number of phenols is 1. The normalized spacial score (nSPS) is 11.1. The lowest BCUT2D eigenvalue weighted by Gasteiger charge is -2.15. The number of H-pyrrole nitrogens is 1. The van der Waals surface area contributed by atoms with Gasteiger partial charge in [0.05, 0.1) is 5.56 Å². The summed E-state index contributed by atoms with van der Waals surface area (Å²) in [4.78, 5) is 29.0. The van der Waals surface area contributed by atoms with Crippen molar-refractivity contribution in [2.75, 3.05) is 0 Å². The number of pyridine rings is 1. The van der Waals surface area contributed by atoms with Crippen molar-refractivity contribution in [1.29, 1.82) is 0 Å². The van der Waals surface area contributed by atoms with Gasteiger partial charge in [0.15, 0.2) is 11.6 Å². The Morgan fingerprint density at radius 2 is 2.06 bits per heavy atom. The van der Waals surface area contributed by atoms with Crippen LogP contribution in [0.4, 0.5) is 0 Å². The number of aromatic nitrogens is 6. The highest BCUT2D eigenvalue weighted by Gasteiger charge is 2.16. The van der Waals surface area contributed by atoms with Crippen molar-refractivity contribution in [3.63, 3.8) is 0 Å². The summed E-state index contributed by atoms with van der Waals surface area (Å²) in [5.74, 6) is 0.847. The van der Waals surface area contributed by atoms with Crippen LogP contribution in [0.2, 0.25) is 0 Å². The summed E-state index contributed by atoms with van der Waals surface area (Å²) in [5.41, 5.74) is 2.64. The van der Waals surface area contributed by atoms with Crippen LogP contribution < -0.4 is 10.3 Å². The Hall–Kier alpha value is -4.08. The first-order valence-electron chi connectivity index (χ1n) is 10.7. The molecule has 0 fully saturated rings. The minimum atomic E-state index is -0.195. The van der Waals surface area contributed by atoms with E-state index in [1.54, 1.807) is 36.7 Å². The number of nitrogens with one attached hydrogen (secondary N) is 1. The summed E-state index contributed by atoms with van der Waals surface area (Å²) < 4.78 is 7.46. The van der Waals surface area contributed by atoms with Crippen molar-refractivity contribution in [3.8, 4) is 11.5 Å². The van der Waals surface area contributed by atoms with Gasteiger partial charge in [-0.05, 0) is 49.6 Å². The van der Waals surface area contributed by atoms with Gasteiger partial charge in [0.1, 0.15) is 23.8 Å². The number of tetrazole rings is 1. The second-order valence-electron chi connectivity index (χ2n) is 7.71. The van der Waals surface area contributed by atoms with Crippen LogP contribution in [-0.2, 0) is 25.9 Å². The Balaban J connectivity index is 1.53. The first-order chi connectivity index (χ1) is 16.0. The molecule has 0 bridgehead atoms. The largest absolute Gasteiger partial charge is 0.507 e. The number of rotatable bonds is 9. The van der Waals surface area contributed by atoms with Gasteiger partial charge in [0, 0.05) is 29.9 Å². The Labute approximate surface area is 189 Å². The summed E-state index contributed by atoms with van der Waals surface area (Å²) in [7, 11) is 0. The molecule has 0 radical (unpaired) electrons. The summed E-state index contributed by atoms with van der Waals surface area (Å²) in [5, 5.41) is 24.2. The monoisotopic (exact) mass is 448 g/mol. The highest BCUT2D eigenvalue weighted by atomic mass is 16.5. The molecule has 0 amide bonds. The van der Waals surface area contributed by atoms with Gasteiger partial charge in [-0.25, -0.2) is 4.98 Å². The predicted molar refractivity (Wildman–Crippen MR) is 119 cm³/mol. The highest BCUT2D eigenvalue weighted by Crippen LogP contribution is 2.33. The van der Waals surface area contributed by atoms with Crippen LogP contribution >= 0.6 is 0 Å². The molecule has 0 saturated carbocycles. The van der Waals surface area contributed by atoms with Crippen molar-refractivity contribution >= 4 is 11.4 Å². The fourth-order valence-electron chi connectivity index (χ4n) is 3.64. The van der Waals surface area contributed by atoms with Crippen molar-refractivity contribution in [2.24, 2.45) is 0 Å². The molecule has 3 heterocycles. The molecule has 0 aliphatic rings. The van der Waals surface area contributed by atoms with E-state index in [0.717, 1.165) is 12.0 Å². The Kier molecular flexibility index (Phi) is 6.43. The van der Waals surface area contributed by atoms with Gasteiger partial charge < -0.3 is 9.84 Å². The number of ketones is 1. The van der Waals surface area contributed by atoms with Crippen molar-refractivity contribution < 1.29 is 14.6 Å². The summed E-state index contributed by atoms with van der Waals surface area (Å²) in [6, 6.07) is 6.86. The zero-order valence-electron chi connectivity index (χ0n) is 18.4. The number of phenolic OH excluding ortho intramolecular Hbond substituents is 1. The third kappa shape index (κ3) is 4.74. The van der Waals surface area contributed by atoms with Crippen molar-refractivity contribution in [1.82, 2.24) is 30.0 Å². The standard InChI is InChI=1S/C23H24N6O4/c1-3-4-18-19(7-6-17(14(2)30)22(18)31)33-13-15-9-10-29-21(11-15)24-12-16(23(29)32)5-8-20-25-27-28-26-20/h6-7,9-12,31H,3-5,8,13H2,1-2H3,(H,25,26,27,28). The lowest BCUT2D eigenvalue weighted by Crippen LogP contribution is -2.20. The minimum Gasteiger partial charge on any atom is -0.507 e. The molecular weight excluding hydrogens is 424 g/mol. The number of aromatic amines is 1. The Bertz CT molecular complexity index is 1350. The van der Waals surface area contributed by atoms with Gasteiger partial charge in [-0.3, -0.25) is 14.0 Å². The average molecular weight is 448 g/mol. The molecule has 0 atom stereocenters. The molecule has 10 heteroatoms. The molecule has 0 spiro atoms. The van der Waals surface area contributed by atoms with E-state index < -0.39 is 0 Å². The van der Waals surface area contributed by atoms with Crippen LogP contribution in [-0.4, -0.2) is 40.9 Å². The maximum absolute atomic E-state index is 12.8. The zero-order chi connectivity index (χ0) is 23.4. The number of benzene rings is 1. The first kappa shape index (κ1) is 22.1. The lowest BCUT2D eigenvalue weighted by molar-refractivity contribution is 0.101. The molecule has 2 N–H and O–H groups in total. The molecule has 4 aromatic rings. The van der Waals surface area contributed by atoms with Crippen LogP contribution in [0.15, 0.2) is 41.5 Å². The van der Waals surface area contributed by atoms with Crippen LogP contribution in [0.3, 0.4) is 0 Å². The third-order valence-corrected chi connectivity index (χ3v) is 5.37. The smallest absolute Gasteiger partial charge is 0.261 e. The molecule has 3 aromatic heterocycles. The number of hydrogen-bond donors (Lipinski definition) is 2. The van der Waals surface area contributed by atoms with Crippen LogP contribution in [0, 0.1) is 0 Å². The fourth-order valence-corrected chi connectivity index (χ4v) is 3.64. The summed E-state index contributed by atoms with van der Waals surface area (Å²) in [6.07, 6.45) is 5.57. The van der Waals surface area contributed by atoms with E-state index in [9.17, 15) is 14.7 Å². The number of ether oxygens (including phenoxy) is 1. The number of Topliss-reactive ketones (excluding diaryl/α,β-unsaturated/α-hetero) is 1. The predicted octanol–water partition coefficient (Wildman–Crippen LogP) is 2.43. The van der Waals surface area contributed by atoms with Gasteiger partial charge in [-0.15, -0.1) is 10.2 Å². The first-order valence-corrected chi connectivity index (χ1v) is 10.7. The maximum Gasteiger partial charge on any atom is 0.261 e. The number of aromatic hydroxyl groups is 1. The lowest BCUT2D eigenvalue weighted by atomic mass is 10.0. The third-order valence-electron chi connectivity index (χ3n) is 5.37. The van der Waals surface area contributed by atoms with Gasteiger partial charge >= 0.3 is 0 Å². The molecule has 10 nitrogen and oxygen atoms in total. The summed E-state index contributed by atoms with van der Waals surface area (Å²) >= 11 is 0. The molecule has 1 aromatic carbocycles. The second-order valence-corrected chi connectivity index (χ2v) is 7.71. The van der Waals surface area contributed by atoms with Crippen LogP contribution in [0.25, 0.3) is 5.65 Å². The van der Waals surface area contributed by atoms with Crippen LogP contribution in [0.1, 0.15) is 53.1 Å². The molecule has 0 saturated heterocycles. The van der Waals surface area contributed by atoms with Gasteiger partial charge in [0.25, 0.3) is 5.56 Å². The van der Waals surface area contributed by atoms with E-state index in [0.29, 0.717) is 47.6 Å². The minimum absolute atomic E-state index is 0.0260. The van der Waals surface area contributed by atoms with Crippen molar-refractivity contribution in [2.45, 2.75) is 46.1 Å². The van der Waals surface area contributed by atoms with E-state index >= 15 is 0 Å². The molecule has 170 valence electrons. The number of nitrogens with zero attached hydrogens (tertiary/aromatic N) is 5. The van der Waals surface area contributed by atoms with Gasteiger partial charge in [-0.2, -0.15) is 5.21 Å². The number of fused-ring (bicyclic) bond motifs is 1.